The highest BCUT2D eigenvalue weighted by atomic mass is 16.4. The first kappa shape index (κ1) is 15.8. The monoisotopic (exact) mass is 206 g/mol. The number of nitrogens with two attached hydrogens (primary N) is 1. The highest BCUT2D eigenvalue weighted by Gasteiger charge is 1.85. The summed E-state index contributed by atoms with van der Waals surface area (Å²) >= 11 is 0. The van der Waals surface area contributed by atoms with Crippen molar-refractivity contribution in [2.24, 2.45) is 5.73 Å². The molecule has 0 amide bonds. The van der Waals surface area contributed by atoms with Crippen LogP contribution in [0.4, 0.5) is 0 Å². The van der Waals surface area contributed by atoms with E-state index < -0.39 is 5.97 Å². The summed E-state index contributed by atoms with van der Waals surface area (Å²) in [7, 11) is 0. The summed E-state index contributed by atoms with van der Waals surface area (Å²) in [5.41, 5.74) is 5.30. The number of aliphatic hydroxyl groups excluding tert-OH is 1. The standard InChI is InChI=1S/C7H18N2O.C2H4O2/c8-4-1-2-5-9-6-3-7-10;1-2(3)4/h9-10H,1-8H2;1H3,(H,3,4). The van der Waals surface area contributed by atoms with Crippen LogP contribution in [-0.4, -0.2) is 42.4 Å². The van der Waals surface area contributed by atoms with Crippen LogP contribution >= 0.6 is 0 Å². The minimum absolute atomic E-state index is 0.282. The first-order valence-electron chi connectivity index (χ1n) is 4.86. The van der Waals surface area contributed by atoms with E-state index in [1.165, 1.54) is 0 Å². The third-order valence-corrected chi connectivity index (χ3v) is 1.32. The molecule has 0 aliphatic heterocycles. The molecule has 0 spiro atoms. The molecule has 86 valence electrons. The molecule has 0 saturated heterocycles. The van der Waals surface area contributed by atoms with Crippen LogP contribution in [0.3, 0.4) is 0 Å². The summed E-state index contributed by atoms with van der Waals surface area (Å²) in [6.07, 6.45) is 3.08. The number of nitrogens with one attached hydrogen (secondary N) is 1. The zero-order valence-electron chi connectivity index (χ0n) is 8.83. The van der Waals surface area contributed by atoms with Crippen molar-refractivity contribution in [3.8, 4) is 0 Å². The van der Waals surface area contributed by atoms with E-state index in [1.807, 2.05) is 0 Å². The Hall–Kier alpha value is -0.650. The van der Waals surface area contributed by atoms with E-state index in [-0.39, 0.29) is 6.61 Å². The summed E-state index contributed by atoms with van der Waals surface area (Å²) in [6, 6.07) is 0. The number of hydrogen-bond acceptors (Lipinski definition) is 4. The zero-order valence-corrected chi connectivity index (χ0v) is 8.83. The lowest BCUT2D eigenvalue weighted by molar-refractivity contribution is -0.134. The highest BCUT2D eigenvalue weighted by Crippen LogP contribution is 1.82. The van der Waals surface area contributed by atoms with Crippen molar-refractivity contribution in [3.05, 3.63) is 0 Å². The molecule has 0 rings (SSSR count). The van der Waals surface area contributed by atoms with Gasteiger partial charge < -0.3 is 21.3 Å². The van der Waals surface area contributed by atoms with Crippen LogP contribution in [0, 0.1) is 0 Å². The molecule has 5 N–H and O–H groups in total. The van der Waals surface area contributed by atoms with Gasteiger partial charge in [-0.1, -0.05) is 0 Å². The lowest BCUT2D eigenvalue weighted by Gasteiger charge is -2.00. The van der Waals surface area contributed by atoms with E-state index in [0.717, 1.165) is 45.8 Å². The molecule has 0 aliphatic carbocycles. The van der Waals surface area contributed by atoms with Crippen molar-refractivity contribution in [1.29, 1.82) is 0 Å². The number of unbranched alkanes of at least 4 members (excludes halogenated alkanes) is 1. The van der Waals surface area contributed by atoms with Crippen LogP contribution in [0.5, 0.6) is 0 Å². The van der Waals surface area contributed by atoms with E-state index in [9.17, 15) is 0 Å². The molecule has 0 saturated carbocycles. The Kier molecular flexibility index (Phi) is 16.8. The molecule has 0 bridgehead atoms. The molecule has 0 radical (unpaired) electrons. The largest absolute Gasteiger partial charge is 0.481 e. The molecule has 5 heteroatoms. The van der Waals surface area contributed by atoms with Gasteiger partial charge in [-0.3, -0.25) is 4.79 Å². The van der Waals surface area contributed by atoms with Crippen LogP contribution in [0.15, 0.2) is 0 Å². The predicted octanol–water partition coefficient (Wildman–Crippen LogP) is -0.212. The van der Waals surface area contributed by atoms with Crippen LogP contribution in [0.2, 0.25) is 0 Å². The number of hydrogen-bond donors (Lipinski definition) is 4. The fraction of sp³-hybridized carbons (Fsp3) is 0.889. The van der Waals surface area contributed by atoms with Crippen LogP contribution in [0.1, 0.15) is 26.2 Å². The van der Waals surface area contributed by atoms with Gasteiger partial charge in [0.25, 0.3) is 5.97 Å². The maximum atomic E-state index is 9.00. The second-order valence-corrected chi connectivity index (χ2v) is 2.84. The maximum absolute atomic E-state index is 9.00. The fourth-order valence-electron chi connectivity index (χ4n) is 0.723. The van der Waals surface area contributed by atoms with Crippen molar-refractivity contribution in [2.45, 2.75) is 26.2 Å². The molecule has 0 aliphatic rings. The molecule has 5 nitrogen and oxygen atoms in total. The number of aliphatic carboxylic acids is 1. The summed E-state index contributed by atoms with van der Waals surface area (Å²) < 4.78 is 0. The number of aliphatic hydroxyl groups is 1. The number of carbonyl (C=O) groups is 1. The number of rotatable bonds is 7. The van der Waals surface area contributed by atoms with Gasteiger partial charge in [-0.15, -0.1) is 0 Å². The van der Waals surface area contributed by atoms with Crippen molar-refractivity contribution < 1.29 is 15.0 Å². The van der Waals surface area contributed by atoms with E-state index >= 15 is 0 Å². The summed E-state index contributed by atoms with van der Waals surface area (Å²) in [4.78, 5) is 9.00. The molecule has 14 heavy (non-hydrogen) atoms. The maximum Gasteiger partial charge on any atom is 0.300 e. The van der Waals surface area contributed by atoms with Gasteiger partial charge in [-0.05, 0) is 38.9 Å². The number of carboxylic acids is 1. The first-order valence-corrected chi connectivity index (χ1v) is 4.86. The van der Waals surface area contributed by atoms with Gasteiger partial charge in [-0.25, -0.2) is 0 Å². The molecule has 0 atom stereocenters. The first-order chi connectivity index (χ1) is 6.65. The topological polar surface area (TPSA) is 95.6 Å². The van der Waals surface area contributed by atoms with E-state index in [1.54, 1.807) is 0 Å². The molecular weight excluding hydrogens is 184 g/mol. The third kappa shape index (κ3) is 30.2. The molecule has 0 unspecified atom stereocenters. The quantitative estimate of drug-likeness (QED) is 0.432. The number of carboxylic acid groups (broad SMARTS) is 1. The normalized spacial score (nSPS) is 9.07. The lowest BCUT2D eigenvalue weighted by atomic mass is 10.3. The van der Waals surface area contributed by atoms with E-state index in [4.69, 9.17) is 20.7 Å². The van der Waals surface area contributed by atoms with Gasteiger partial charge in [-0.2, -0.15) is 0 Å². The minimum Gasteiger partial charge on any atom is -0.481 e. The molecule has 0 aromatic carbocycles. The predicted molar refractivity (Wildman–Crippen MR) is 56.2 cm³/mol. The molecule has 0 aromatic rings. The van der Waals surface area contributed by atoms with Gasteiger partial charge in [0.1, 0.15) is 0 Å². The SMILES string of the molecule is CC(=O)O.NCCCCNCCCO. The van der Waals surface area contributed by atoms with Crippen molar-refractivity contribution in [3.63, 3.8) is 0 Å². The molecular formula is C9H22N2O3. The second-order valence-electron chi connectivity index (χ2n) is 2.84. The Morgan fingerprint density at radius 1 is 1.29 bits per heavy atom. The Bertz CT molecular complexity index is 109. The lowest BCUT2D eigenvalue weighted by Crippen LogP contribution is -2.18. The Morgan fingerprint density at radius 3 is 2.21 bits per heavy atom. The van der Waals surface area contributed by atoms with Crippen molar-refractivity contribution in [1.82, 2.24) is 5.32 Å². The fourth-order valence-corrected chi connectivity index (χ4v) is 0.723. The summed E-state index contributed by atoms with van der Waals surface area (Å²) in [6.45, 7) is 4.09. The van der Waals surface area contributed by atoms with Gasteiger partial charge >= 0.3 is 0 Å². The highest BCUT2D eigenvalue weighted by molar-refractivity contribution is 5.62. The Labute approximate surface area is 85.3 Å². The minimum atomic E-state index is -0.833. The average Bonchev–Trinajstić information content (AvgIpc) is 2.10. The molecule has 0 heterocycles. The third-order valence-electron chi connectivity index (χ3n) is 1.32. The Balaban J connectivity index is 0. The van der Waals surface area contributed by atoms with Crippen LogP contribution in [-0.2, 0) is 4.79 Å². The van der Waals surface area contributed by atoms with Crippen LogP contribution in [0.25, 0.3) is 0 Å². The van der Waals surface area contributed by atoms with Gasteiger partial charge in [0, 0.05) is 13.5 Å². The summed E-state index contributed by atoms with van der Waals surface area (Å²) in [5.74, 6) is -0.833. The van der Waals surface area contributed by atoms with Crippen molar-refractivity contribution in [2.75, 3.05) is 26.2 Å². The molecule has 0 fully saturated rings. The van der Waals surface area contributed by atoms with E-state index in [0.29, 0.717) is 0 Å². The van der Waals surface area contributed by atoms with Crippen LogP contribution < -0.4 is 11.1 Å². The zero-order chi connectivity index (χ0) is 11.2. The van der Waals surface area contributed by atoms with Gasteiger partial charge in [0.2, 0.25) is 0 Å². The summed E-state index contributed by atoms with van der Waals surface area (Å²) in [5, 5.41) is 19.0. The Morgan fingerprint density at radius 2 is 1.79 bits per heavy atom. The average molecular weight is 206 g/mol. The second kappa shape index (κ2) is 14.9. The van der Waals surface area contributed by atoms with Gasteiger partial charge in [0.05, 0.1) is 0 Å². The van der Waals surface area contributed by atoms with Crippen molar-refractivity contribution >= 4 is 5.97 Å². The van der Waals surface area contributed by atoms with E-state index in [2.05, 4.69) is 5.32 Å². The smallest absolute Gasteiger partial charge is 0.300 e. The van der Waals surface area contributed by atoms with Gasteiger partial charge in [0.15, 0.2) is 0 Å². The molecule has 0 aromatic heterocycles.